The first-order valence-electron chi connectivity index (χ1n) is 7.57. The van der Waals surface area contributed by atoms with E-state index in [4.69, 9.17) is 14.6 Å². The molecule has 2 rings (SSSR count). The normalized spacial score (nSPS) is 12.1. The zero-order valence-electron chi connectivity index (χ0n) is 13.9. The molecule has 0 saturated carbocycles. The summed E-state index contributed by atoms with van der Waals surface area (Å²) in [6.07, 6.45) is -1.06. The highest BCUT2D eigenvalue weighted by molar-refractivity contribution is 7.89. The summed E-state index contributed by atoms with van der Waals surface area (Å²) in [4.78, 5) is 23.7. The molecular weight excluding hydrogens is 360 g/mol. The first-order chi connectivity index (χ1) is 12.3. The van der Waals surface area contributed by atoms with E-state index in [-0.39, 0.29) is 11.5 Å². The third-order valence-corrected chi connectivity index (χ3v) is 4.16. The van der Waals surface area contributed by atoms with Gasteiger partial charge in [0.2, 0.25) is 10.0 Å². The van der Waals surface area contributed by atoms with Crippen molar-refractivity contribution in [2.45, 2.75) is 17.9 Å². The van der Waals surface area contributed by atoms with Crippen molar-refractivity contribution < 1.29 is 27.5 Å². The van der Waals surface area contributed by atoms with E-state index in [0.717, 1.165) is 0 Å². The van der Waals surface area contributed by atoms with Gasteiger partial charge in [0.05, 0.1) is 4.90 Å². The van der Waals surface area contributed by atoms with Crippen molar-refractivity contribution in [2.24, 2.45) is 5.14 Å². The molecule has 138 valence electrons. The predicted octanol–water partition coefficient (Wildman–Crippen LogP) is 1.28. The second kappa shape index (κ2) is 8.45. The smallest absolute Gasteiger partial charge is 0.344 e. The number of rotatable bonds is 7. The highest BCUT2D eigenvalue weighted by atomic mass is 32.2. The van der Waals surface area contributed by atoms with Gasteiger partial charge in [-0.1, -0.05) is 18.2 Å². The number of para-hydroxylation sites is 1. The quantitative estimate of drug-likeness (QED) is 0.699. The summed E-state index contributed by atoms with van der Waals surface area (Å²) < 4.78 is 32.6. The molecule has 9 heteroatoms. The van der Waals surface area contributed by atoms with Crippen LogP contribution in [0.2, 0.25) is 0 Å². The van der Waals surface area contributed by atoms with Gasteiger partial charge >= 0.3 is 5.97 Å². The van der Waals surface area contributed by atoms with Gasteiger partial charge in [-0.25, -0.2) is 18.4 Å². The molecule has 0 radical (unpaired) electrons. The van der Waals surface area contributed by atoms with Crippen LogP contribution in [0.3, 0.4) is 0 Å². The van der Waals surface area contributed by atoms with Crippen molar-refractivity contribution >= 4 is 27.6 Å². The Kier molecular flexibility index (Phi) is 6.31. The van der Waals surface area contributed by atoms with Crippen LogP contribution in [0.1, 0.15) is 6.92 Å². The zero-order chi connectivity index (χ0) is 19.2. The molecule has 0 saturated heterocycles. The highest BCUT2D eigenvalue weighted by Crippen LogP contribution is 2.13. The number of carbonyl (C=O) groups is 2. The number of amides is 1. The third-order valence-electron chi connectivity index (χ3n) is 3.23. The third kappa shape index (κ3) is 5.87. The van der Waals surface area contributed by atoms with Gasteiger partial charge in [0.25, 0.3) is 5.91 Å². The van der Waals surface area contributed by atoms with Gasteiger partial charge in [-0.3, -0.25) is 4.79 Å². The van der Waals surface area contributed by atoms with Crippen LogP contribution in [0, 0.1) is 0 Å². The average Bonchev–Trinajstić information content (AvgIpc) is 2.60. The molecule has 1 amide bonds. The van der Waals surface area contributed by atoms with Crippen molar-refractivity contribution in [1.82, 2.24) is 0 Å². The van der Waals surface area contributed by atoms with E-state index in [1.54, 1.807) is 24.3 Å². The molecule has 0 aliphatic carbocycles. The fourth-order valence-electron chi connectivity index (χ4n) is 1.92. The number of carbonyl (C=O) groups excluding carboxylic acids is 2. The minimum absolute atomic E-state index is 0.0759. The molecule has 26 heavy (non-hydrogen) atoms. The van der Waals surface area contributed by atoms with Crippen LogP contribution in [0.5, 0.6) is 5.75 Å². The number of anilines is 1. The Morgan fingerprint density at radius 2 is 1.69 bits per heavy atom. The van der Waals surface area contributed by atoms with Gasteiger partial charge in [-0.15, -0.1) is 0 Å². The molecule has 0 unspecified atom stereocenters. The van der Waals surface area contributed by atoms with E-state index in [9.17, 15) is 18.0 Å². The van der Waals surface area contributed by atoms with Gasteiger partial charge in [0.1, 0.15) is 5.75 Å². The van der Waals surface area contributed by atoms with Gasteiger partial charge in [-0.05, 0) is 43.3 Å². The number of primary sulfonamides is 1. The summed E-state index contributed by atoms with van der Waals surface area (Å²) in [6.45, 7) is 1.08. The van der Waals surface area contributed by atoms with Crippen LogP contribution < -0.4 is 15.2 Å². The van der Waals surface area contributed by atoms with Gasteiger partial charge in [0.15, 0.2) is 12.7 Å². The van der Waals surface area contributed by atoms with Gasteiger partial charge in [0, 0.05) is 5.69 Å². The standard InChI is InChI=1S/C17H18N2O6S/c1-12(25-16(20)11-24-14-5-3-2-4-6-14)17(21)19-13-7-9-15(10-8-13)26(18,22)23/h2-10,12H,11H2,1H3,(H,19,21)(H2,18,22,23)/t12-/m0/s1. The van der Waals surface area contributed by atoms with Crippen LogP contribution >= 0.6 is 0 Å². The lowest BCUT2D eigenvalue weighted by Crippen LogP contribution is -2.31. The molecular formula is C17H18N2O6S. The predicted molar refractivity (Wildman–Crippen MR) is 93.9 cm³/mol. The molecule has 0 fully saturated rings. The summed E-state index contributed by atoms with van der Waals surface area (Å²) in [7, 11) is -3.81. The SMILES string of the molecule is C[C@H](OC(=O)COc1ccccc1)C(=O)Nc1ccc(S(N)(=O)=O)cc1. The van der Waals surface area contributed by atoms with Crippen LogP contribution in [-0.4, -0.2) is 33.0 Å². The van der Waals surface area contributed by atoms with E-state index in [0.29, 0.717) is 11.4 Å². The Hall–Kier alpha value is -2.91. The Bertz CT molecular complexity index is 866. The number of nitrogens with one attached hydrogen (secondary N) is 1. The number of hydrogen-bond acceptors (Lipinski definition) is 6. The van der Waals surface area contributed by atoms with Gasteiger partial charge in [-0.2, -0.15) is 0 Å². The van der Waals surface area contributed by atoms with Crippen LogP contribution in [-0.2, 0) is 24.3 Å². The topological polar surface area (TPSA) is 125 Å². The minimum Gasteiger partial charge on any atom is -0.482 e. The summed E-state index contributed by atoms with van der Waals surface area (Å²) in [5.41, 5.74) is 0.339. The van der Waals surface area contributed by atoms with Crippen LogP contribution in [0.15, 0.2) is 59.5 Å². The number of benzene rings is 2. The Morgan fingerprint density at radius 1 is 1.08 bits per heavy atom. The lowest BCUT2D eigenvalue weighted by molar-refractivity contribution is -0.155. The van der Waals surface area contributed by atoms with E-state index >= 15 is 0 Å². The first-order valence-corrected chi connectivity index (χ1v) is 9.11. The lowest BCUT2D eigenvalue weighted by Gasteiger charge is -2.14. The summed E-state index contributed by atoms with van der Waals surface area (Å²) >= 11 is 0. The largest absolute Gasteiger partial charge is 0.482 e. The monoisotopic (exact) mass is 378 g/mol. The minimum atomic E-state index is -3.81. The summed E-state index contributed by atoms with van der Waals surface area (Å²) in [5, 5.41) is 7.50. The summed E-state index contributed by atoms with van der Waals surface area (Å²) in [5.74, 6) is -0.751. The molecule has 0 aromatic heterocycles. The molecule has 2 aromatic carbocycles. The van der Waals surface area contributed by atoms with Gasteiger partial charge < -0.3 is 14.8 Å². The van der Waals surface area contributed by atoms with Crippen LogP contribution in [0.4, 0.5) is 5.69 Å². The number of esters is 1. The van der Waals surface area contributed by atoms with E-state index < -0.39 is 28.0 Å². The second-order valence-electron chi connectivity index (χ2n) is 5.29. The highest BCUT2D eigenvalue weighted by Gasteiger charge is 2.18. The maximum absolute atomic E-state index is 12.0. The number of nitrogens with two attached hydrogens (primary N) is 1. The summed E-state index contributed by atoms with van der Waals surface area (Å²) in [6, 6.07) is 14.0. The molecule has 1 atom stereocenters. The number of hydrogen-bond donors (Lipinski definition) is 2. The molecule has 0 bridgehead atoms. The maximum Gasteiger partial charge on any atom is 0.344 e. The average molecular weight is 378 g/mol. The van der Waals surface area contributed by atoms with Crippen molar-refractivity contribution in [1.29, 1.82) is 0 Å². The van der Waals surface area contributed by atoms with E-state index in [1.807, 2.05) is 6.07 Å². The molecule has 0 heterocycles. The molecule has 0 spiro atoms. The molecule has 0 aliphatic rings. The number of ether oxygens (including phenoxy) is 2. The number of sulfonamides is 1. The molecule has 8 nitrogen and oxygen atoms in total. The molecule has 0 aliphatic heterocycles. The van der Waals surface area contributed by atoms with Crippen LogP contribution in [0.25, 0.3) is 0 Å². The van der Waals surface area contributed by atoms with E-state index in [1.165, 1.54) is 31.2 Å². The fourth-order valence-corrected chi connectivity index (χ4v) is 2.43. The lowest BCUT2D eigenvalue weighted by atomic mass is 10.3. The Labute approximate surface area is 151 Å². The maximum atomic E-state index is 12.0. The molecule has 3 N–H and O–H groups in total. The Balaban J connectivity index is 1.84. The van der Waals surface area contributed by atoms with E-state index in [2.05, 4.69) is 5.32 Å². The fraction of sp³-hybridized carbons (Fsp3) is 0.176. The van der Waals surface area contributed by atoms with Crippen molar-refractivity contribution in [3.8, 4) is 5.75 Å². The van der Waals surface area contributed by atoms with Crippen molar-refractivity contribution in [3.05, 3.63) is 54.6 Å². The molecule has 2 aromatic rings. The second-order valence-corrected chi connectivity index (χ2v) is 6.85. The van der Waals surface area contributed by atoms with Crippen molar-refractivity contribution in [3.63, 3.8) is 0 Å². The Morgan fingerprint density at radius 3 is 2.27 bits per heavy atom. The first kappa shape index (κ1) is 19.4. The van der Waals surface area contributed by atoms with Crippen molar-refractivity contribution in [2.75, 3.05) is 11.9 Å². The zero-order valence-corrected chi connectivity index (χ0v) is 14.7.